The van der Waals surface area contributed by atoms with Crippen LogP contribution in [0.15, 0.2) is 12.1 Å². The number of rotatable bonds is 3. The van der Waals surface area contributed by atoms with Crippen LogP contribution < -0.4 is 14.2 Å². The van der Waals surface area contributed by atoms with Crippen molar-refractivity contribution in [3.05, 3.63) is 12.1 Å². The van der Waals surface area contributed by atoms with Gasteiger partial charge in [-0.15, -0.1) is 0 Å². The molecule has 1 rings (SSSR count). The fourth-order valence-corrected chi connectivity index (χ4v) is 1.09. The summed E-state index contributed by atoms with van der Waals surface area (Å²) in [6.45, 7) is 1.08. The molecule has 0 spiro atoms. The largest absolute Gasteiger partial charge is 0.504 e. The van der Waals surface area contributed by atoms with Crippen molar-refractivity contribution in [1.82, 2.24) is 0 Å². The summed E-state index contributed by atoms with van der Waals surface area (Å²) in [6.07, 6.45) is 0. The molecule has 0 aliphatic carbocycles. The Morgan fingerprint density at radius 3 is 1.88 bits per heavy atom. The van der Waals surface area contributed by atoms with Gasteiger partial charge >= 0.3 is 0 Å². The lowest BCUT2D eigenvalue weighted by atomic mass is 10.2. The molecule has 0 atom stereocenters. The highest BCUT2D eigenvalue weighted by molar-refractivity contribution is 5.63. The minimum atomic E-state index is -0.833. The standard InChI is InChI=1S/C9H12O4.C2H4O2/c1-11-7-5-4-6(10)8(12-2)9(7)13-3;1-2(3)4/h4-5,10H,1-3H3;1H3,(H,3,4). The summed E-state index contributed by atoms with van der Waals surface area (Å²) >= 11 is 0. The van der Waals surface area contributed by atoms with Gasteiger partial charge in [-0.1, -0.05) is 0 Å². The molecule has 0 amide bonds. The van der Waals surface area contributed by atoms with E-state index in [9.17, 15) is 5.11 Å². The molecular formula is C11H16O6. The number of benzene rings is 1. The fourth-order valence-electron chi connectivity index (χ4n) is 1.09. The van der Waals surface area contributed by atoms with Crippen molar-refractivity contribution >= 4 is 5.97 Å². The number of ether oxygens (including phenoxy) is 3. The molecule has 0 radical (unpaired) electrons. The molecule has 6 heteroatoms. The van der Waals surface area contributed by atoms with Gasteiger partial charge in [0.25, 0.3) is 5.97 Å². The minimum absolute atomic E-state index is 0.0279. The van der Waals surface area contributed by atoms with E-state index in [4.69, 9.17) is 24.1 Å². The summed E-state index contributed by atoms with van der Waals surface area (Å²) in [7, 11) is 4.46. The van der Waals surface area contributed by atoms with Crippen LogP contribution in [0.3, 0.4) is 0 Å². The van der Waals surface area contributed by atoms with Gasteiger partial charge in [0.2, 0.25) is 11.5 Å². The molecule has 1 aromatic rings. The number of hydrogen-bond donors (Lipinski definition) is 2. The highest BCUT2D eigenvalue weighted by atomic mass is 16.5. The van der Waals surface area contributed by atoms with Crippen LogP contribution in [0.2, 0.25) is 0 Å². The zero-order valence-electron chi connectivity index (χ0n) is 10.2. The molecule has 0 fully saturated rings. The first kappa shape index (κ1) is 14.9. The zero-order valence-corrected chi connectivity index (χ0v) is 10.2. The van der Waals surface area contributed by atoms with Gasteiger partial charge in [0, 0.05) is 6.92 Å². The first-order valence-corrected chi connectivity index (χ1v) is 4.65. The van der Waals surface area contributed by atoms with Crippen molar-refractivity contribution in [2.45, 2.75) is 6.92 Å². The minimum Gasteiger partial charge on any atom is -0.504 e. The van der Waals surface area contributed by atoms with Crippen LogP contribution >= 0.6 is 0 Å². The summed E-state index contributed by atoms with van der Waals surface area (Å²) in [5.41, 5.74) is 0. The average molecular weight is 244 g/mol. The van der Waals surface area contributed by atoms with Crippen LogP contribution in [0, 0.1) is 0 Å². The first-order valence-electron chi connectivity index (χ1n) is 4.65. The predicted octanol–water partition coefficient (Wildman–Crippen LogP) is 1.51. The SMILES string of the molecule is CC(=O)O.COc1ccc(O)c(OC)c1OC. The van der Waals surface area contributed by atoms with Crippen LogP contribution in [-0.2, 0) is 4.79 Å². The number of phenolic OH excluding ortho intramolecular Hbond substituents is 1. The number of aliphatic carboxylic acids is 1. The molecule has 2 N–H and O–H groups in total. The van der Waals surface area contributed by atoms with E-state index in [0.29, 0.717) is 11.5 Å². The van der Waals surface area contributed by atoms with E-state index in [1.165, 1.54) is 27.4 Å². The number of aromatic hydroxyl groups is 1. The molecular weight excluding hydrogens is 228 g/mol. The second kappa shape index (κ2) is 7.21. The maximum Gasteiger partial charge on any atom is 0.300 e. The summed E-state index contributed by atoms with van der Waals surface area (Å²) in [5, 5.41) is 16.8. The van der Waals surface area contributed by atoms with Gasteiger partial charge in [-0.2, -0.15) is 0 Å². The van der Waals surface area contributed by atoms with E-state index in [0.717, 1.165) is 6.92 Å². The molecule has 0 unspecified atom stereocenters. The van der Waals surface area contributed by atoms with Crippen molar-refractivity contribution < 1.29 is 29.2 Å². The lowest BCUT2D eigenvalue weighted by molar-refractivity contribution is -0.134. The lowest BCUT2D eigenvalue weighted by Crippen LogP contribution is -1.94. The summed E-state index contributed by atoms with van der Waals surface area (Å²) in [5.74, 6) is 0.393. The number of phenols is 1. The highest BCUT2D eigenvalue weighted by Crippen LogP contribution is 2.42. The van der Waals surface area contributed by atoms with E-state index >= 15 is 0 Å². The number of carboxylic acid groups (broad SMARTS) is 1. The Kier molecular flexibility index (Phi) is 6.32. The summed E-state index contributed by atoms with van der Waals surface area (Å²) in [4.78, 5) is 9.00. The van der Waals surface area contributed by atoms with E-state index in [1.54, 1.807) is 6.07 Å². The molecule has 0 aliphatic heterocycles. The molecule has 0 saturated carbocycles. The Bertz CT molecular complexity index is 370. The monoisotopic (exact) mass is 244 g/mol. The van der Waals surface area contributed by atoms with Gasteiger partial charge in [0.05, 0.1) is 21.3 Å². The van der Waals surface area contributed by atoms with Crippen molar-refractivity contribution in [3.63, 3.8) is 0 Å². The Labute approximate surface area is 99.4 Å². The van der Waals surface area contributed by atoms with E-state index in [2.05, 4.69) is 0 Å². The predicted molar refractivity (Wildman–Crippen MR) is 61.1 cm³/mol. The van der Waals surface area contributed by atoms with Crippen molar-refractivity contribution in [2.24, 2.45) is 0 Å². The van der Waals surface area contributed by atoms with Crippen LogP contribution in [0.5, 0.6) is 23.0 Å². The first-order chi connectivity index (χ1) is 7.97. The van der Waals surface area contributed by atoms with E-state index < -0.39 is 5.97 Å². The number of methoxy groups -OCH3 is 3. The number of carbonyl (C=O) groups is 1. The van der Waals surface area contributed by atoms with Crippen molar-refractivity contribution in [1.29, 1.82) is 0 Å². The van der Waals surface area contributed by atoms with Crippen LogP contribution in [0.4, 0.5) is 0 Å². The Morgan fingerprint density at radius 2 is 1.53 bits per heavy atom. The van der Waals surface area contributed by atoms with Crippen LogP contribution in [0.25, 0.3) is 0 Å². The fraction of sp³-hybridized carbons (Fsp3) is 0.364. The molecule has 0 saturated heterocycles. The molecule has 0 heterocycles. The Hall–Kier alpha value is -2.11. The molecule has 17 heavy (non-hydrogen) atoms. The molecule has 0 aliphatic rings. The van der Waals surface area contributed by atoms with Gasteiger partial charge in [0.15, 0.2) is 11.5 Å². The van der Waals surface area contributed by atoms with Gasteiger partial charge in [-0.3, -0.25) is 4.79 Å². The molecule has 96 valence electrons. The number of hydrogen-bond acceptors (Lipinski definition) is 5. The lowest BCUT2D eigenvalue weighted by Gasteiger charge is -2.12. The van der Waals surface area contributed by atoms with Gasteiger partial charge in [-0.05, 0) is 12.1 Å². The third kappa shape index (κ3) is 4.50. The van der Waals surface area contributed by atoms with E-state index in [1.807, 2.05) is 0 Å². The Morgan fingerprint density at radius 1 is 1.06 bits per heavy atom. The van der Waals surface area contributed by atoms with Gasteiger partial charge < -0.3 is 24.4 Å². The summed E-state index contributed by atoms with van der Waals surface area (Å²) in [6, 6.07) is 3.09. The molecule has 6 nitrogen and oxygen atoms in total. The average Bonchev–Trinajstić information content (AvgIpc) is 2.27. The Balaban J connectivity index is 0.000000557. The number of carboxylic acids is 1. The molecule has 0 bridgehead atoms. The van der Waals surface area contributed by atoms with Crippen molar-refractivity contribution in [2.75, 3.05) is 21.3 Å². The topological polar surface area (TPSA) is 85.2 Å². The maximum absolute atomic E-state index is 9.38. The van der Waals surface area contributed by atoms with Crippen LogP contribution in [0.1, 0.15) is 6.92 Å². The van der Waals surface area contributed by atoms with Crippen LogP contribution in [-0.4, -0.2) is 37.5 Å². The second-order valence-corrected chi connectivity index (χ2v) is 2.87. The third-order valence-corrected chi connectivity index (χ3v) is 1.68. The van der Waals surface area contributed by atoms with Gasteiger partial charge in [0.1, 0.15) is 0 Å². The molecule has 1 aromatic carbocycles. The molecule has 0 aromatic heterocycles. The zero-order chi connectivity index (χ0) is 13.4. The second-order valence-electron chi connectivity index (χ2n) is 2.87. The quantitative estimate of drug-likeness (QED) is 0.838. The highest BCUT2D eigenvalue weighted by Gasteiger charge is 2.14. The maximum atomic E-state index is 9.38. The van der Waals surface area contributed by atoms with Gasteiger partial charge in [-0.25, -0.2) is 0 Å². The normalized spacial score (nSPS) is 8.71. The third-order valence-electron chi connectivity index (χ3n) is 1.68. The van der Waals surface area contributed by atoms with E-state index in [-0.39, 0.29) is 11.5 Å². The summed E-state index contributed by atoms with van der Waals surface area (Å²) < 4.78 is 15.0. The van der Waals surface area contributed by atoms with Crippen molar-refractivity contribution in [3.8, 4) is 23.0 Å². The smallest absolute Gasteiger partial charge is 0.300 e.